The van der Waals surface area contributed by atoms with E-state index < -0.39 is 0 Å². The van der Waals surface area contributed by atoms with E-state index in [-0.39, 0.29) is 11.9 Å². The number of hydrogen-bond acceptors (Lipinski definition) is 2. The molecule has 108 valence electrons. The van der Waals surface area contributed by atoms with Gasteiger partial charge in [-0.05, 0) is 66.7 Å². The van der Waals surface area contributed by atoms with Crippen molar-refractivity contribution in [3.8, 4) is 0 Å². The first-order valence-corrected chi connectivity index (χ1v) is 8.29. The Morgan fingerprint density at radius 2 is 1.85 bits per heavy atom. The Morgan fingerprint density at radius 3 is 2.55 bits per heavy atom. The molecule has 2 aromatic rings. The first kappa shape index (κ1) is 14.0. The summed E-state index contributed by atoms with van der Waals surface area (Å²) in [7, 11) is 0. The molecule has 3 heteroatoms. The first-order valence-electron chi connectivity index (χ1n) is 7.47. The van der Waals surface area contributed by atoms with E-state index in [0.717, 1.165) is 21.9 Å². The fourth-order valence-electron chi connectivity index (χ4n) is 3.73. The summed E-state index contributed by atoms with van der Waals surface area (Å²) in [5, 5.41) is 0.984. The minimum atomic E-state index is -0.171. The molecule has 3 atom stereocenters. The van der Waals surface area contributed by atoms with Crippen molar-refractivity contribution in [1.82, 2.24) is 0 Å². The summed E-state index contributed by atoms with van der Waals surface area (Å²) in [4.78, 5) is 1.21. The number of nitrogens with two attached hydrogens (primary N) is 1. The summed E-state index contributed by atoms with van der Waals surface area (Å²) in [5.74, 6) is 1.92. The Bertz CT molecular complexity index is 596. The maximum absolute atomic E-state index is 13.3. The molecule has 0 spiro atoms. The van der Waals surface area contributed by atoms with E-state index in [0.29, 0.717) is 5.92 Å². The van der Waals surface area contributed by atoms with E-state index >= 15 is 0 Å². The van der Waals surface area contributed by atoms with E-state index in [1.54, 1.807) is 17.4 Å². The summed E-state index contributed by atoms with van der Waals surface area (Å²) >= 11 is 1.72. The van der Waals surface area contributed by atoms with Gasteiger partial charge in [-0.15, -0.1) is 11.3 Å². The summed E-state index contributed by atoms with van der Waals surface area (Å²) < 4.78 is 14.4. The zero-order chi connectivity index (χ0) is 14.3. The number of thiophene rings is 1. The topological polar surface area (TPSA) is 26.0 Å². The molecule has 1 saturated carbocycles. The van der Waals surface area contributed by atoms with Crippen LogP contribution in [-0.2, 0) is 0 Å². The van der Waals surface area contributed by atoms with Gasteiger partial charge in [0.15, 0.2) is 0 Å². The van der Waals surface area contributed by atoms with E-state index in [1.807, 2.05) is 6.07 Å². The highest BCUT2D eigenvalue weighted by Gasteiger charge is 2.29. The van der Waals surface area contributed by atoms with Gasteiger partial charge in [-0.1, -0.05) is 13.8 Å². The highest BCUT2D eigenvalue weighted by atomic mass is 32.1. The van der Waals surface area contributed by atoms with Gasteiger partial charge in [0.1, 0.15) is 5.82 Å². The molecular weight excluding hydrogens is 269 g/mol. The smallest absolute Gasteiger partial charge is 0.123 e. The highest BCUT2D eigenvalue weighted by molar-refractivity contribution is 7.19. The second-order valence-corrected chi connectivity index (χ2v) is 7.65. The second-order valence-electron chi connectivity index (χ2n) is 6.53. The minimum Gasteiger partial charge on any atom is -0.323 e. The molecule has 0 bridgehead atoms. The lowest BCUT2D eigenvalue weighted by Crippen LogP contribution is -2.28. The Kier molecular flexibility index (Phi) is 3.83. The molecule has 2 N–H and O–H groups in total. The van der Waals surface area contributed by atoms with Crippen LogP contribution in [0, 0.1) is 23.6 Å². The molecule has 1 aliphatic carbocycles. The number of hydrogen-bond donors (Lipinski definition) is 1. The van der Waals surface area contributed by atoms with Crippen molar-refractivity contribution in [1.29, 1.82) is 0 Å². The van der Waals surface area contributed by atoms with Crippen molar-refractivity contribution in [3.05, 3.63) is 35.0 Å². The number of benzene rings is 1. The van der Waals surface area contributed by atoms with Gasteiger partial charge in [0.2, 0.25) is 0 Å². The van der Waals surface area contributed by atoms with Crippen molar-refractivity contribution in [2.75, 3.05) is 0 Å². The number of fused-ring (bicyclic) bond motifs is 1. The molecule has 0 radical (unpaired) electrons. The SMILES string of the molecule is CC1CC(C)CC(C(N)c2cc3cc(F)ccc3s2)C1. The van der Waals surface area contributed by atoms with Crippen LogP contribution in [0.5, 0.6) is 0 Å². The van der Waals surface area contributed by atoms with Crippen LogP contribution in [0.15, 0.2) is 24.3 Å². The third-order valence-corrected chi connectivity index (χ3v) is 5.77. The Hall–Kier alpha value is -0.930. The third kappa shape index (κ3) is 2.75. The van der Waals surface area contributed by atoms with Crippen LogP contribution in [0.2, 0.25) is 0 Å². The molecule has 1 fully saturated rings. The average Bonchev–Trinajstić information content (AvgIpc) is 2.79. The lowest BCUT2D eigenvalue weighted by Gasteiger charge is -2.34. The van der Waals surface area contributed by atoms with Crippen molar-refractivity contribution >= 4 is 21.4 Å². The van der Waals surface area contributed by atoms with Crippen molar-refractivity contribution < 1.29 is 4.39 Å². The van der Waals surface area contributed by atoms with Crippen LogP contribution in [0.25, 0.3) is 10.1 Å². The maximum Gasteiger partial charge on any atom is 0.123 e. The molecule has 3 rings (SSSR count). The summed E-state index contributed by atoms with van der Waals surface area (Å²) in [6.07, 6.45) is 3.75. The van der Waals surface area contributed by atoms with Gasteiger partial charge < -0.3 is 5.73 Å². The summed E-state index contributed by atoms with van der Waals surface area (Å²) in [6, 6.07) is 7.17. The maximum atomic E-state index is 13.3. The second kappa shape index (κ2) is 5.45. The zero-order valence-corrected chi connectivity index (χ0v) is 12.9. The lowest BCUT2D eigenvalue weighted by atomic mass is 9.73. The van der Waals surface area contributed by atoms with Gasteiger partial charge in [-0.3, -0.25) is 0 Å². The third-order valence-electron chi connectivity index (χ3n) is 4.55. The highest BCUT2D eigenvalue weighted by Crippen LogP contribution is 2.41. The Morgan fingerprint density at radius 1 is 1.15 bits per heavy atom. The molecule has 0 amide bonds. The van der Waals surface area contributed by atoms with Crippen LogP contribution in [0.3, 0.4) is 0 Å². The fraction of sp³-hybridized carbons (Fsp3) is 0.529. The average molecular weight is 291 g/mol. The van der Waals surface area contributed by atoms with Crippen LogP contribution < -0.4 is 5.73 Å². The summed E-state index contributed by atoms with van der Waals surface area (Å²) in [5.41, 5.74) is 6.51. The van der Waals surface area contributed by atoms with Crippen molar-refractivity contribution in [2.24, 2.45) is 23.5 Å². The van der Waals surface area contributed by atoms with Gasteiger partial charge in [-0.25, -0.2) is 4.39 Å². The monoisotopic (exact) mass is 291 g/mol. The molecule has 1 nitrogen and oxygen atoms in total. The Labute approximate surface area is 124 Å². The molecule has 0 saturated heterocycles. The lowest BCUT2D eigenvalue weighted by molar-refractivity contribution is 0.194. The van der Waals surface area contributed by atoms with Gasteiger partial charge in [-0.2, -0.15) is 0 Å². The number of rotatable bonds is 2. The normalized spacial score (nSPS) is 28.7. The summed E-state index contributed by atoms with van der Waals surface area (Å²) in [6.45, 7) is 4.66. The molecule has 20 heavy (non-hydrogen) atoms. The van der Waals surface area contributed by atoms with Gasteiger partial charge in [0.05, 0.1) is 0 Å². The van der Waals surface area contributed by atoms with Crippen LogP contribution in [-0.4, -0.2) is 0 Å². The van der Waals surface area contributed by atoms with Crippen LogP contribution in [0.4, 0.5) is 4.39 Å². The van der Waals surface area contributed by atoms with Crippen LogP contribution in [0.1, 0.15) is 44.0 Å². The molecule has 3 unspecified atom stereocenters. The minimum absolute atomic E-state index is 0.0978. The molecule has 0 aliphatic heterocycles. The van der Waals surface area contributed by atoms with Gasteiger partial charge in [0, 0.05) is 15.6 Å². The van der Waals surface area contributed by atoms with E-state index in [1.165, 1.54) is 30.2 Å². The molecular formula is C17H22FNS. The van der Waals surface area contributed by atoms with Gasteiger partial charge >= 0.3 is 0 Å². The number of halogens is 1. The van der Waals surface area contributed by atoms with Gasteiger partial charge in [0.25, 0.3) is 0 Å². The van der Waals surface area contributed by atoms with E-state index in [9.17, 15) is 4.39 Å². The van der Waals surface area contributed by atoms with Crippen LogP contribution >= 0.6 is 11.3 Å². The largest absolute Gasteiger partial charge is 0.323 e. The predicted molar refractivity (Wildman–Crippen MR) is 84.4 cm³/mol. The van der Waals surface area contributed by atoms with Crippen molar-refractivity contribution in [3.63, 3.8) is 0 Å². The fourth-order valence-corrected chi connectivity index (χ4v) is 4.87. The first-order chi connectivity index (χ1) is 9.52. The zero-order valence-electron chi connectivity index (χ0n) is 12.1. The van der Waals surface area contributed by atoms with E-state index in [2.05, 4.69) is 19.9 Å². The standard InChI is InChI=1S/C17H22FNS/c1-10-5-11(2)7-13(6-10)17(19)16-9-12-8-14(18)3-4-15(12)20-16/h3-4,8-11,13,17H,5-7,19H2,1-2H3. The van der Waals surface area contributed by atoms with E-state index in [4.69, 9.17) is 5.73 Å². The molecule has 1 aliphatic rings. The Balaban J connectivity index is 1.86. The molecule has 1 heterocycles. The van der Waals surface area contributed by atoms with Crippen molar-refractivity contribution in [2.45, 2.75) is 39.2 Å². The quantitative estimate of drug-likeness (QED) is 0.817. The molecule has 1 aromatic heterocycles. The predicted octanol–water partition coefficient (Wildman–Crippen LogP) is 5.11. The molecule has 1 aromatic carbocycles.